The summed E-state index contributed by atoms with van der Waals surface area (Å²) >= 11 is 1.61. The van der Waals surface area contributed by atoms with E-state index in [1.165, 1.54) is 4.88 Å². The first-order valence-electron chi connectivity index (χ1n) is 6.65. The maximum atomic E-state index is 10.3. The fraction of sp³-hybridized carbons (Fsp3) is 0.400. The minimum absolute atomic E-state index is 0.431. The molecular formula is C15H20N2O3S. The molecule has 5 nitrogen and oxygen atoms in total. The molecule has 2 N–H and O–H groups in total. The number of benzene rings is 1. The van der Waals surface area contributed by atoms with E-state index in [0.717, 1.165) is 5.69 Å². The van der Waals surface area contributed by atoms with Gasteiger partial charge in [0.05, 0.1) is 31.5 Å². The second kappa shape index (κ2) is 7.40. The lowest BCUT2D eigenvalue weighted by Gasteiger charge is -2.16. The van der Waals surface area contributed by atoms with Crippen molar-refractivity contribution in [3.63, 3.8) is 0 Å². The van der Waals surface area contributed by atoms with Crippen molar-refractivity contribution < 1.29 is 14.6 Å². The van der Waals surface area contributed by atoms with Gasteiger partial charge in [-0.2, -0.15) is 0 Å². The van der Waals surface area contributed by atoms with Gasteiger partial charge in [0, 0.05) is 23.5 Å². The number of ether oxygens (including phenoxy) is 2. The van der Waals surface area contributed by atoms with Crippen molar-refractivity contribution in [3.05, 3.63) is 39.8 Å². The number of aromatic nitrogens is 1. The molecule has 6 heteroatoms. The van der Waals surface area contributed by atoms with Crippen molar-refractivity contribution in [1.29, 1.82) is 0 Å². The van der Waals surface area contributed by atoms with E-state index in [1.54, 1.807) is 37.7 Å². The molecule has 2 rings (SSSR count). The Bertz CT molecular complexity index is 586. The maximum absolute atomic E-state index is 10.3. The highest BCUT2D eigenvalue weighted by molar-refractivity contribution is 7.09. The van der Waals surface area contributed by atoms with Crippen molar-refractivity contribution >= 4 is 11.3 Å². The van der Waals surface area contributed by atoms with Gasteiger partial charge < -0.3 is 19.9 Å². The standard InChI is InChI=1S/C15H20N2O3S/c1-10-15(21-9-17-10)8-16-7-13(18)12-6-11(19-2)4-5-14(12)20-3/h4-6,9,13,16,18H,7-8H2,1-3H3. The number of methoxy groups -OCH3 is 2. The minimum Gasteiger partial charge on any atom is -0.497 e. The molecule has 0 fully saturated rings. The predicted molar refractivity (Wildman–Crippen MR) is 83.1 cm³/mol. The van der Waals surface area contributed by atoms with Crippen molar-refractivity contribution in [2.45, 2.75) is 19.6 Å². The third kappa shape index (κ3) is 3.93. The van der Waals surface area contributed by atoms with Crippen LogP contribution in [-0.4, -0.2) is 30.9 Å². The zero-order chi connectivity index (χ0) is 15.2. The zero-order valence-electron chi connectivity index (χ0n) is 12.4. The van der Waals surface area contributed by atoms with E-state index in [-0.39, 0.29) is 0 Å². The second-order valence-electron chi connectivity index (χ2n) is 4.62. The molecule has 0 bridgehead atoms. The molecule has 1 atom stereocenters. The van der Waals surface area contributed by atoms with Crippen LogP contribution in [0.5, 0.6) is 11.5 Å². The van der Waals surface area contributed by atoms with Gasteiger partial charge in [0.2, 0.25) is 0 Å². The number of rotatable bonds is 7. The van der Waals surface area contributed by atoms with E-state index >= 15 is 0 Å². The largest absolute Gasteiger partial charge is 0.497 e. The number of hydrogen-bond donors (Lipinski definition) is 2. The van der Waals surface area contributed by atoms with Gasteiger partial charge in [0.1, 0.15) is 11.5 Å². The summed E-state index contributed by atoms with van der Waals surface area (Å²) in [5.41, 5.74) is 3.57. The van der Waals surface area contributed by atoms with E-state index in [0.29, 0.717) is 30.2 Å². The van der Waals surface area contributed by atoms with Gasteiger partial charge in [-0.3, -0.25) is 0 Å². The topological polar surface area (TPSA) is 63.6 Å². The SMILES string of the molecule is COc1ccc(OC)c(C(O)CNCc2scnc2C)c1. The lowest BCUT2D eigenvalue weighted by molar-refractivity contribution is 0.170. The molecule has 0 amide bonds. The Balaban J connectivity index is 1.99. The summed E-state index contributed by atoms with van der Waals surface area (Å²) in [7, 11) is 3.19. The van der Waals surface area contributed by atoms with Gasteiger partial charge in [0.25, 0.3) is 0 Å². The average molecular weight is 308 g/mol. The highest BCUT2D eigenvalue weighted by atomic mass is 32.1. The zero-order valence-corrected chi connectivity index (χ0v) is 13.2. The summed E-state index contributed by atoms with van der Waals surface area (Å²) in [4.78, 5) is 5.38. The second-order valence-corrected chi connectivity index (χ2v) is 5.55. The Morgan fingerprint density at radius 3 is 2.76 bits per heavy atom. The Hall–Kier alpha value is -1.63. The molecule has 0 spiro atoms. The van der Waals surface area contributed by atoms with Crippen LogP contribution in [-0.2, 0) is 6.54 Å². The van der Waals surface area contributed by atoms with E-state index in [4.69, 9.17) is 9.47 Å². The van der Waals surface area contributed by atoms with E-state index < -0.39 is 6.10 Å². The number of thiazole rings is 1. The van der Waals surface area contributed by atoms with Crippen molar-refractivity contribution in [1.82, 2.24) is 10.3 Å². The molecule has 1 unspecified atom stereocenters. The third-order valence-electron chi connectivity index (χ3n) is 3.26. The number of aliphatic hydroxyl groups excluding tert-OH is 1. The molecule has 114 valence electrons. The quantitative estimate of drug-likeness (QED) is 0.821. The van der Waals surface area contributed by atoms with Gasteiger partial charge >= 0.3 is 0 Å². The molecule has 0 saturated carbocycles. The first-order chi connectivity index (χ1) is 10.2. The highest BCUT2D eigenvalue weighted by Crippen LogP contribution is 2.29. The Labute approximate surface area is 128 Å². The molecule has 21 heavy (non-hydrogen) atoms. The first-order valence-corrected chi connectivity index (χ1v) is 7.53. The first kappa shape index (κ1) is 15.8. The molecule has 2 aromatic rings. The Morgan fingerprint density at radius 2 is 2.14 bits per heavy atom. The maximum Gasteiger partial charge on any atom is 0.124 e. The summed E-state index contributed by atoms with van der Waals surface area (Å²) in [6, 6.07) is 5.40. The summed E-state index contributed by atoms with van der Waals surface area (Å²) in [6.07, 6.45) is -0.664. The summed E-state index contributed by atoms with van der Waals surface area (Å²) in [5, 5.41) is 13.6. The van der Waals surface area contributed by atoms with Gasteiger partial charge in [-0.05, 0) is 25.1 Å². The monoisotopic (exact) mass is 308 g/mol. The van der Waals surface area contributed by atoms with Gasteiger partial charge in [-0.15, -0.1) is 11.3 Å². The Kier molecular flexibility index (Phi) is 5.55. The molecule has 0 aliphatic heterocycles. The van der Waals surface area contributed by atoms with Gasteiger partial charge in [-0.25, -0.2) is 4.98 Å². The third-order valence-corrected chi connectivity index (χ3v) is 4.20. The van der Waals surface area contributed by atoms with Crippen LogP contribution in [0, 0.1) is 6.92 Å². The van der Waals surface area contributed by atoms with E-state index in [2.05, 4.69) is 10.3 Å². The van der Waals surface area contributed by atoms with Crippen LogP contribution in [0.25, 0.3) is 0 Å². The highest BCUT2D eigenvalue weighted by Gasteiger charge is 2.14. The van der Waals surface area contributed by atoms with Crippen LogP contribution in [0.2, 0.25) is 0 Å². The van der Waals surface area contributed by atoms with E-state index in [1.807, 2.05) is 18.5 Å². The minimum atomic E-state index is -0.664. The lowest BCUT2D eigenvalue weighted by atomic mass is 10.1. The van der Waals surface area contributed by atoms with Gasteiger partial charge in [0.15, 0.2) is 0 Å². The van der Waals surface area contributed by atoms with Crippen molar-refractivity contribution in [3.8, 4) is 11.5 Å². The van der Waals surface area contributed by atoms with Crippen LogP contribution >= 0.6 is 11.3 Å². The van der Waals surface area contributed by atoms with Crippen LogP contribution in [0.1, 0.15) is 22.2 Å². The normalized spacial score (nSPS) is 12.2. The fourth-order valence-corrected chi connectivity index (χ4v) is 2.77. The van der Waals surface area contributed by atoms with Gasteiger partial charge in [-0.1, -0.05) is 0 Å². The van der Waals surface area contributed by atoms with Crippen LogP contribution in [0.3, 0.4) is 0 Å². The van der Waals surface area contributed by atoms with Crippen LogP contribution in [0.15, 0.2) is 23.7 Å². The number of aliphatic hydroxyl groups is 1. The molecule has 1 heterocycles. The molecule has 0 aliphatic rings. The van der Waals surface area contributed by atoms with Crippen LogP contribution in [0.4, 0.5) is 0 Å². The van der Waals surface area contributed by atoms with Crippen molar-refractivity contribution in [2.24, 2.45) is 0 Å². The summed E-state index contributed by atoms with van der Waals surface area (Å²) < 4.78 is 10.5. The summed E-state index contributed by atoms with van der Waals surface area (Å²) in [6.45, 7) is 3.11. The number of nitrogens with zero attached hydrogens (tertiary/aromatic N) is 1. The van der Waals surface area contributed by atoms with Crippen molar-refractivity contribution in [2.75, 3.05) is 20.8 Å². The summed E-state index contributed by atoms with van der Waals surface area (Å²) in [5.74, 6) is 1.35. The predicted octanol–water partition coefficient (Wildman–Crippen LogP) is 2.29. The lowest BCUT2D eigenvalue weighted by Crippen LogP contribution is -2.21. The molecule has 1 aromatic heterocycles. The average Bonchev–Trinajstić information content (AvgIpc) is 2.91. The molecule has 0 saturated heterocycles. The fourth-order valence-electron chi connectivity index (χ4n) is 2.03. The van der Waals surface area contributed by atoms with Crippen LogP contribution < -0.4 is 14.8 Å². The number of aryl methyl sites for hydroxylation is 1. The Morgan fingerprint density at radius 1 is 1.33 bits per heavy atom. The number of nitrogens with one attached hydrogen (secondary N) is 1. The molecular weight excluding hydrogens is 288 g/mol. The molecule has 0 aliphatic carbocycles. The number of hydrogen-bond acceptors (Lipinski definition) is 6. The molecule has 0 radical (unpaired) electrons. The molecule has 1 aromatic carbocycles. The smallest absolute Gasteiger partial charge is 0.124 e. The van der Waals surface area contributed by atoms with E-state index in [9.17, 15) is 5.11 Å².